The Bertz CT molecular complexity index is 809. The number of benzene rings is 2. The first-order valence-corrected chi connectivity index (χ1v) is 10.5. The average Bonchev–Trinajstić information content (AvgIpc) is 2.97. The third-order valence-corrected chi connectivity index (χ3v) is 5.80. The zero-order chi connectivity index (χ0) is 20.2. The molecule has 6 heteroatoms. The quantitative estimate of drug-likeness (QED) is 0.797. The molecule has 2 aromatic carbocycles. The molecule has 2 aliphatic heterocycles. The Morgan fingerprint density at radius 1 is 1.14 bits per heavy atom. The summed E-state index contributed by atoms with van der Waals surface area (Å²) < 4.78 is 23.0. The molecule has 0 aromatic heterocycles. The largest absolute Gasteiger partial charge is 0.494 e. The van der Waals surface area contributed by atoms with Crippen LogP contribution in [-0.4, -0.2) is 49.8 Å². The molecule has 156 valence electrons. The van der Waals surface area contributed by atoms with Crippen molar-refractivity contribution in [2.75, 3.05) is 26.4 Å². The van der Waals surface area contributed by atoms with Gasteiger partial charge in [-0.05, 0) is 48.2 Å². The van der Waals surface area contributed by atoms with Gasteiger partial charge in [0.15, 0.2) is 0 Å². The predicted molar refractivity (Wildman–Crippen MR) is 111 cm³/mol. The van der Waals surface area contributed by atoms with Gasteiger partial charge in [0.2, 0.25) is 0 Å². The zero-order valence-corrected chi connectivity index (χ0v) is 17.3. The molecule has 1 N–H and O–H groups in total. The molecule has 2 aromatic rings. The van der Waals surface area contributed by atoms with Gasteiger partial charge in [-0.3, -0.25) is 0 Å². The summed E-state index contributed by atoms with van der Waals surface area (Å²) in [6.45, 7) is 4.07. The molecule has 2 aliphatic rings. The molecule has 4 atom stereocenters. The molecule has 4 rings (SSSR count). The van der Waals surface area contributed by atoms with Gasteiger partial charge in [-0.1, -0.05) is 35.9 Å². The van der Waals surface area contributed by atoms with Crippen LogP contribution in [0.15, 0.2) is 42.5 Å². The monoisotopic (exact) mass is 418 g/mol. The van der Waals surface area contributed by atoms with E-state index < -0.39 is 6.10 Å². The van der Waals surface area contributed by atoms with Gasteiger partial charge < -0.3 is 24.1 Å². The Morgan fingerprint density at radius 3 is 2.76 bits per heavy atom. The summed E-state index contributed by atoms with van der Waals surface area (Å²) in [7, 11) is 0. The van der Waals surface area contributed by atoms with Crippen LogP contribution in [0.25, 0.3) is 0 Å². The topological polar surface area (TPSA) is 57.2 Å². The van der Waals surface area contributed by atoms with Crippen LogP contribution in [0.4, 0.5) is 0 Å². The molecule has 29 heavy (non-hydrogen) atoms. The van der Waals surface area contributed by atoms with E-state index in [0.717, 1.165) is 27.5 Å². The highest BCUT2D eigenvalue weighted by molar-refractivity contribution is 6.31. The SMILES string of the molecule is CCOc1ccc(Cc2cc(C3CC(O)C4OCCOCC4O3)ccc2Cl)cc1. The molecule has 0 spiro atoms. The Kier molecular flexibility index (Phi) is 6.73. The van der Waals surface area contributed by atoms with Crippen LogP contribution in [0.2, 0.25) is 5.02 Å². The molecule has 0 bridgehead atoms. The van der Waals surface area contributed by atoms with Gasteiger partial charge in [0.25, 0.3) is 0 Å². The smallest absolute Gasteiger partial charge is 0.119 e. The third-order valence-electron chi connectivity index (χ3n) is 5.43. The number of fused-ring (bicyclic) bond motifs is 1. The van der Waals surface area contributed by atoms with E-state index in [0.29, 0.717) is 39.3 Å². The number of hydrogen-bond acceptors (Lipinski definition) is 5. The maximum atomic E-state index is 10.6. The van der Waals surface area contributed by atoms with Gasteiger partial charge in [0, 0.05) is 11.4 Å². The zero-order valence-electron chi connectivity index (χ0n) is 16.6. The second-order valence-electron chi connectivity index (χ2n) is 7.48. The third kappa shape index (κ3) is 4.93. The summed E-state index contributed by atoms with van der Waals surface area (Å²) in [5, 5.41) is 11.3. The van der Waals surface area contributed by atoms with E-state index in [1.165, 1.54) is 0 Å². The van der Waals surface area contributed by atoms with E-state index >= 15 is 0 Å². The fraction of sp³-hybridized carbons (Fsp3) is 0.478. The summed E-state index contributed by atoms with van der Waals surface area (Å²) in [5.74, 6) is 0.864. The number of ether oxygens (including phenoxy) is 4. The Morgan fingerprint density at radius 2 is 1.97 bits per heavy atom. The van der Waals surface area contributed by atoms with Crippen LogP contribution < -0.4 is 4.74 Å². The highest BCUT2D eigenvalue weighted by Crippen LogP contribution is 2.35. The van der Waals surface area contributed by atoms with Crippen molar-refractivity contribution < 1.29 is 24.1 Å². The number of rotatable bonds is 5. The standard InChI is InChI=1S/C23H27ClO5/c1-2-27-18-6-3-15(4-7-18)11-17-12-16(5-8-19(17)24)21-13-20(25)23-22(29-21)14-26-9-10-28-23/h3-8,12,20-23,25H,2,9-11,13-14H2,1H3. The van der Waals surface area contributed by atoms with Gasteiger partial charge in [-0.25, -0.2) is 0 Å². The summed E-state index contributed by atoms with van der Waals surface area (Å²) >= 11 is 6.47. The molecule has 4 unspecified atom stereocenters. The fourth-order valence-electron chi connectivity index (χ4n) is 3.98. The molecule has 2 saturated heterocycles. The molecular formula is C23H27ClO5. The van der Waals surface area contributed by atoms with Crippen molar-refractivity contribution in [2.45, 2.75) is 44.2 Å². The van der Waals surface area contributed by atoms with Crippen molar-refractivity contribution in [3.63, 3.8) is 0 Å². The Hall–Kier alpha value is -1.63. The number of halogens is 1. The number of aliphatic hydroxyl groups is 1. The van der Waals surface area contributed by atoms with Crippen molar-refractivity contribution in [1.29, 1.82) is 0 Å². The van der Waals surface area contributed by atoms with Crippen LogP contribution >= 0.6 is 11.6 Å². The molecule has 0 aliphatic carbocycles. The van der Waals surface area contributed by atoms with E-state index in [2.05, 4.69) is 18.2 Å². The van der Waals surface area contributed by atoms with Gasteiger partial charge in [-0.2, -0.15) is 0 Å². The summed E-state index contributed by atoms with van der Waals surface area (Å²) in [5.41, 5.74) is 3.20. The lowest BCUT2D eigenvalue weighted by atomic mass is 9.92. The van der Waals surface area contributed by atoms with E-state index in [1.807, 2.05) is 31.2 Å². The first-order chi connectivity index (χ1) is 14.1. The van der Waals surface area contributed by atoms with Gasteiger partial charge in [0.05, 0.1) is 38.6 Å². The van der Waals surface area contributed by atoms with Crippen molar-refractivity contribution in [1.82, 2.24) is 0 Å². The van der Waals surface area contributed by atoms with E-state index in [4.69, 9.17) is 30.5 Å². The summed E-state index contributed by atoms with van der Waals surface area (Å²) in [4.78, 5) is 0. The molecule has 2 fully saturated rings. The fourth-order valence-corrected chi connectivity index (χ4v) is 4.16. The van der Waals surface area contributed by atoms with Crippen molar-refractivity contribution in [2.24, 2.45) is 0 Å². The van der Waals surface area contributed by atoms with E-state index in [-0.39, 0.29) is 18.3 Å². The van der Waals surface area contributed by atoms with Gasteiger partial charge >= 0.3 is 0 Å². The summed E-state index contributed by atoms with van der Waals surface area (Å²) in [6, 6.07) is 14.0. The molecule has 0 amide bonds. The van der Waals surface area contributed by atoms with Gasteiger partial charge in [-0.15, -0.1) is 0 Å². The molecule has 5 nitrogen and oxygen atoms in total. The lowest BCUT2D eigenvalue weighted by Crippen LogP contribution is -2.48. The number of hydrogen-bond donors (Lipinski definition) is 1. The minimum absolute atomic E-state index is 0.215. The van der Waals surface area contributed by atoms with Crippen LogP contribution in [0, 0.1) is 0 Å². The lowest BCUT2D eigenvalue weighted by molar-refractivity contribution is -0.185. The lowest BCUT2D eigenvalue weighted by Gasteiger charge is -2.38. The molecule has 0 radical (unpaired) electrons. The first kappa shape index (κ1) is 20.6. The normalized spacial score (nSPS) is 27.1. The van der Waals surface area contributed by atoms with Crippen molar-refractivity contribution in [3.05, 3.63) is 64.2 Å². The van der Waals surface area contributed by atoms with Crippen LogP contribution in [-0.2, 0) is 20.6 Å². The van der Waals surface area contributed by atoms with Gasteiger partial charge in [0.1, 0.15) is 18.0 Å². The summed E-state index contributed by atoms with van der Waals surface area (Å²) in [6.07, 6.45) is -0.183. The number of aliphatic hydroxyl groups excluding tert-OH is 1. The van der Waals surface area contributed by atoms with E-state index in [9.17, 15) is 5.11 Å². The minimum Gasteiger partial charge on any atom is -0.494 e. The average molecular weight is 419 g/mol. The van der Waals surface area contributed by atoms with E-state index in [1.54, 1.807) is 0 Å². The van der Waals surface area contributed by atoms with Crippen LogP contribution in [0.1, 0.15) is 36.1 Å². The maximum absolute atomic E-state index is 10.6. The molecule has 0 saturated carbocycles. The molecular weight excluding hydrogens is 392 g/mol. The van der Waals surface area contributed by atoms with Crippen LogP contribution in [0.5, 0.6) is 5.75 Å². The van der Waals surface area contributed by atoms with Crippen LogP contribution in [0.3, 0.4) is 0 Å². The van der Waals surface area contributed by atoms with Crippen molar-refractivity contribution in [3.8, 4) is 5.75 Å². The highest BCUT2D eigenvalue weighted by atomic mass is 35.5. The first-order valence-electron chi connectivity index (χ1n) is 10.2. The minimum atomic E-state index is -0.578. The van der Waals surface area contributed by atoms with Crippen molar-refractivity contribution >= 4 is 11.6 Å². The second kappa shape index (κ2) is 9.45. The molecule has 2 heterocycles. The highest BCUT2D eigenvalue weighted by Gasteiger charge is 2.40. The maximum Gasteiger partial charge on any atom is 0.119 e. The second-order valence-corrected chi connectivity index (χ2v) is 7.89. The Labute approximate surface area is 176 Å². The predicted octanol–water partition coefficient (Wildman–Crippen LogP) is 3.94. The Balaban J connectivity index is 1.50.